The normalized spacial score (nSPS) is 11.9. The highest BCUT2D eigenvalue weighted by molar-refractivity contribution is 5.65. The van der Waals surface area contributed by atoms with Crippen LogP contribution in [0.5, 0.6) is 0 Å². The average molecular weight is 352 g/mol. The van der Waals surface area contributed by atoms with E-state index >= 15 is 0 Å². The Bertz CT molecular complexity index is 330. The fourth-order valence-electron chi connectivity index (χ4n) is 1.31. The molecule has 8 heteroatoms. The van der Waals surface area contributed by atoms with Crippen LogP contribution in [0.15, 0.2) is 0 Å². The van der Waals surface area contributed by atoms with E-state index in [2.05, 4.69) is 33.5 Å². The molecule has 1 unspecified atom stereocenters. The molecule has 0 aliphatic heterocycles. The highest BCUT2D eigenvalue weighted by Crippen LogP contribution is 2.14. The second kappa shape index (κ2) is 15.2. The van der Waals surface area contributed by atoms with Crippen molar-refractivity contribution in [1.29, 1.82) is 0 Å². The molecule has 0 aliphatic carbocycles. The summed E-state index contributed by atoms with van der Waals surface area (Å²) in [5.74, 6) is 0.129. The molecule has 0 heterocycles. The molecule has 0 aromatic heterocycles. The molecule has 0 radical (unpaired) electrons. The van der Waals surface area contributed by atoms with Crippen molar-refractivity contribution in [3.05, 3.63) is 0 Å². The first kappa shape index (κ1) is 24.9. The van der Waals surface area contributed by atoms with Crippen LogP contribution in [0.3, 0.4) is 0 Å². The first-order chi connectivity index (χ1) is 11.2. The average Bonchev–Trinajstić information content (AvgIpc) is 2.50. The Morgan fingerprint density at radius 1 is 1.12 bits per heavy atom. The van der Waals surface area contributed by atoms with E-state index < -0.39 is 11.8 Å². The Morgan fingerprint density at radius 2 is 1.75 bits per heavy atom. The molecular formula is C16H32O8. The van der Waals surface area contributed by atoms with E-state index in [4.69, 9.17) is 9.99 Å². The van der Waals surface area contributed by atoms with E-state index in [1.165, 1.54) is 19.8 Å². The molecule has 0 saturated carbocycles. The minimum atomic E-state index is -1.53. The highest BCUT2D eigenvalue weighted by atomic mass is 17.5. The van der Waals surface area contributed by atoms with Crippen LogP contribution in [0.4, 0.5) is 4.79 Å². The zero-order valence-corrected chi connectivity index (χ0v) is 15.6. The van der Waals surface area contributed by atoms with Gasteiger partial charge in [-0.3, -0.25) is 4.89 Å². The maximum Gasteiger partial charge on any atom is 0.540 e. The Balaban J connectivity index is 0. The minimum Gasteiger partial charge on any atom is -0.448 e. The van der Waals surface area contributed by atoms with Crippen LogP contribution in [-0.2, 0) is 29.4 Å². The zero-order chi connectivity index (χ0) is 19.0. The molecule has 24 heavy (non-hydrogen) atoms. The van der Waals surface area contributed by atoms with E-state index in [0.29, 0.717) is 18.9 Å². The lowest BCUT2D eigenvalue weighted by Gasteiger charge is -2.18. The lowest BCUT2D eigenvalue weighted by atomic mass is 10.0. The lowest BCUT2D eigenvalue weighted by molar-refractivity contribution is -0.516. The van der Waals surface area contributed by atoms with Crippen molar-refractivity contribution in [1.82, 2.24) is 0 Å². The molecule has 0 aromatic carbocycles. The molecule has 1 atom stereocenters. The van der Waals surface area contributed by atoms with E-state index in [-0.39, 0.29) is 5.97 Å². The van der Waals surface area contributed by atoms with Gasteiger partial charge in [-0.2, -0.15) is 9.78 Å². The molecule has 1 N–H and O–H groups in total. The number of rotatable bonds is 11. The lowest BCUT2D eigenvalue weighted by Crippen LogP contribution is -2.23. The number of hydrogen-bond donors (Lipinski definition) is 1. The molecule has 144 valence electrons. The van der Waals surface area contributed by atoms with Crippen LogP contribution in [-0.4, -0.2) is 29.4 Å². The molecule has 8 nitrogen and oxygen atoms in total. The predicted octanol–water partition coefficient (Wildman–Crippen LogP) is 4.43. The van der Waals surface area contributed by atoms with Gasteiger partial charge in [0.2, 0.25) is 0 Å². The Morgan fingerprint density at radius 3 is 2.17 bits per heavy atom. The van der Waals surface area contributed by atoms with Gasteiger partial charge in [-0.1, -0.05) is 40.0 Å². The largest absolute Gasteiger partial charge is 0.540 e. The van der Waals surface area contributed by atoms with Crippen LogP contribution in [0.1, 0.15) is 73.6 Å². The van der Waals surface area contributed by atoms with Gasteiger partial charge in [0, 0.05) is 6.92 Å². The summed E-state index contributed by atoms with van der Waals surface area (Å²) in [6.45, 7) is 11.5. The van der Waals surface area contributed by atoms with Gasteiger partial charge in [-0.25, -0.2) is 14.5 Å². The van der Waals surface area contributed by atoms with Crippen LogP contribution >= 0.6 is 0 Å². The first-order valence-electron chi connectivity index (χ1n) is 8.23. The van der Waals surface area contributed by atoms with Crippen LogP contribution in [0, 0.1) is 5.92 Å². The summed E-state index contributed by atoms with van der Waals surface area (Å²) in [5.41, 5.74) is -0.532. The third kappa shape index (κ3) is 18.7. The topological polar surface area (TPSA) is 101 Å². The standard InChI is InChI=1S/C10H20O3.C6H12O5/c1-4-6-7-10(5-2)8-12-13-9(3)11;1-4-6(2,3)10-11-9-5(7)8/h10H,4-8H2,1-3H3;4H2,1-3H3,(H,7,8). The van der Waals surface area contributed by atoms with E-state index in [1.54, 1.807) is 13.8 Å². The Kier molecular flexibility index (Phi) is 15.7. The van der Waals surface area contributed by atoms with Crippen molar-refractivity contribution in [2.75, 3.05) is 6.61 Å². The van der Waals surface area contributed by atoms with Gasteiger partial charge in [0.1, 0.15) is 5.60 Å². The van der Waals surface area contributed by atoms with Crippen molar-refractivity contribution in [2.24, 2.45) is 5.92 Å². The van der Waals surface area contributed by atoms with E-state index in [1.807, 2.05) is 6.92 Å². The number of carbonyl (C=O) groups excluding carboxylic acids is 1. The van der Waals surface area contributed by atoms with Crippen LogP contribution < -0.4 is 0 Å². The van der Waals surface area contributed by atoms with Gasteiger partial charge >= 0.3 is 12.1 Å². The Hall–Kier alpha value is -1.38. The Labute approximate surface area is 144 Å². The molecule has 0 rings (SSSR count). The summed E-state index contributed by atoms with van der Waals surface area (Å²) in [6.07, 6.45) is 3.79. The van der Waals surface area contributed by atoms with E-state index in [9.17, 15) is 9.59 Å². The number of carboxylic acid groups (broad SMARTS) is 1. The van der Waals surface area contributed by atoms with Crippen molar-refractivity contribution in [3.63, 3.8) is 0 Å². The molecule has 0 saturated heterocycles. The van der Waals surface area contributed by atoms with Gasteiger partial charge in [0.05, 0.1) is 6.61 Å². The minimum absolute atomic E-state index is 0.384. The fraction of sp³-hybridized carbons (Fsp3) is 0.875. The van der Waals surface area contributed by atoms with E-state index in [0.717, 1.165) is 12.8 Å². The van der Waals surface area contributed by atoms with Crippen molar-refractivity contribution in [2.45, 2.75) is 79.2 Å². The summed E-state index contributed by atoms with van der Waals surface area (Å²) in [5, 5.41) is 11.9. The summed E-state index contributed by atoms with van der Waals surface area (Å²) < 4.78 is 0. The van der Waals surface area contributed by atoms with Crippen molar-refractivity contribution >= 4 is 12.1 Å². The summed E-state index contributed by atoms with van der Waals surface area (Å²) in [6, 6.07) is 0. The number of unbranched alkanes of at least 4 members (excludes halogenated alkanes) is 1. The molecule has 0 aromatic rings. The van der Waals surface area contributed by atoms with Gasteiger partial charge in [-0.05, 0) is 37.6 Å². The number of carbonyl (C=O) groups is 2. The molecule has 0 spiro atoms. The smallest absolute Gasteiger partial charge is 0.448 e. The van der Waals surface area contributed by atoms with Crippen LogP contribution in [0.2, 0.25) is 0 Å². The summed E-state index contributed by atoms with van der Waals surface area (Å²) in [4.78, 5) is 37.6. The van der Waals surface area contributed by atoms with Gasteiger partial charge in [0.15, 0.2) is 0 Å². The monoisotopic (exact) mass is 352 g/mol. The molecular weight excluding hydrogens is 320 g/mol. The van der Waals surface area contributed by atoms with Gasteiger partial charge in [0.25, 0.3) is 0 Å². The quantitative estimate of drug-likeness (QED) is 0.430. The first-order valence-corrected chi connectivity index (χ1v) is 8.23. The number of hydrogen-bond acceptors (Lipinski definition) is 7. The van der Waals surface area contributed by atoms with Crippen molar-refractivity contribution in [3.8, 4) is 0 Å². The molecule has 0 bridgehead atoms. The molecule has 0 fully saturated rings. The third-order valence-electron chi connectivity index (χ3n) is 3.24. The third-order valence-corrected chi connectivity index (χ3v) is 3.24. The maximum absolute atomic E-state index is 10.4. The van der Waals surface area contributed by atoms with Gasteiger partial charge < -0.3 is 5.11 Å². The summed E-state index contributed by atoms with van der Waals surface area (Å²) >= 11 is 0. The van der Waals surface area contributed by atoms with Gasteiger partial charge in [-0.15, -0.1) is 0 Å². The predicted molar refractivity (Wildman–Crippen MR) is 86.7 cm³/mol. The SMILES string of the molecule is CCC(C)(C)OOOC(=O)O.CCCCC(CC)COOC(C)=O. The molecule has 0 aliphatic rings. The second-order valence-corrected chi connectivity index (χ2v) is 5.89. The van der Waals surface area contributed by atoms with Crippen molar-refractivity contribution < 1.29 is 39.3 Å². The molecule has 0 amide bonds. The van der Waals surface area contributed by atoms with Crippen LogP contribution in [0.25, 0.3) is 0 Å². The highest BCUT2D eigenvalue weighted by Gasteiger charge is 2.18. The maximum atomic E-state index is 10.4. The summed E-state index contributed by atoms with van der Waals surface area (Å²) in [7, 11) is 0. The fourth-order valence-corrected chi connectivity index (χ4v) is 1.31. The second-order valence-electron chi connectivity index (χ2n) is 5.89. The zero-order valence-electron chi connectivity index (χ0n) is 15.6.